The predicted octanol–water partition coefficient (Wildman–Crippen LogP) is 6.12. The summed E-state index contributed by atoms with van der Waals surface area (Å²) in [4.78, 5) is 25.8. The lowest BCUT2D eigenvalue weighted by atomic mass is 10.2. The third-order valence-electron chi connectivity index (χ3n) is 4.61. The van der Waals surface area contributed by atoms with Crippen molar-refractivity contribution in [2.45, 2.75) is 6.61 Å². The van der Waals surface area contributed by atoms with Crippen LogP contribution in [0, 0.1) is 0 Å². The number of carbonyl (C=O) groups excluding carboxylic acids is 2. The Morgan fingerprint density at radius 3 is 2.55 bits per heavy atom. The first-order valence-corrected chi connectivity index (χ1v) is 11.7. The lowest BCUT2D eigenvalue weighted by Crippen LogP contribution is -2.44. The first-order chi connectivity index (χ1) is 15.9. The Hall–Kier alpha value is -2.84. The highest BCUT2D eigenvalue weighted by Crippen LogP contribution is 2.33. The van der Waals surface area contributed by atoms with Gasteiger partial charge in [0, 0.05) is 21.2 Å². The quantitative estimate of drug-likeness (QED) is 0.317. The van der Waals surface area contributed by atoms with Crippen LogP contribution in [-0.4, -0.2) is 21.1 Å². The Morgan fingerprint density at radius 1 is 1.03 bits per heavy atom. The molecule has 166 valence electrons. The predicted molar refractivity (Wildman–Crippen MR) is 136 cm³/mol. The van der Waals surface area contributed by atoms with Gasteiger partial charge in [0.1, 0.15) is 12.4 Å². The average Bonchev–Trinajstić information content (AvgIpc) is 3.07. The molecule has 4 rings (SSSR count). The maximum atomic E-state index is 12.9. The van der Waals surface area contributed by atoms with Gasteiger partial charge in [-0.1, -0.05) is 71.4 Å². The smallest absolute Gasteiger partial charge is 0.285 e. The van der Waals surface area contributed by atoms with Crippen LogP contribution in [0.3, 0.4) is 0 Å². The summed E-state index contributed by atoms with van der Waals surface area (Å²) in [6.45, 7) is 0.346. The van der Waals surface area contributed by atoms with E-state index in [0.29, 0.717) is 38.4 Å². The second-order valence-electron chi connectivity index (χ2n) is 6.92. The molecular formula is C24H16Cl2N2O3S2. The number of thioether (sulfide) groups is 1. The van der Waals surface area contributed by atoms with Gasteiger partial charge in [0.05, 0.1) is 4.91 Å². The highest BCUT2D eigenvalue weighted by molar-refractivity contribution is 8.26. The zero-order chi connectivity index (χ0) is 23.4. The van der Waals surface area contributed by atoms with Crippen LogP contribution in [0.25, 0.3) is 6.08 Å². The number of rotatable bonds is 6. The molecule has 1 fully saturated rings. The molecule has 1 aliphatic heterocycles. The molecular weight excluding hydrogens is 499 g/mol. The molecule has 5 nitrogen and oxygen atoms in total. The van der Waals surface area contributed by atoms with E-state index in [4.69, 9.17) is 40.2 Å². The molecule has 0 spiro atoms. The van der Waals surface area contributed by atoms with Gasteiger partial charge in [-0.05, 0) is 60.3 Å². The van der Waals surface area contributed by atoms with E-state index in [2.05, 4.69) is 5.43 Å². The molecule has 2 amide bonds. The molecule has 0 atom stereocenters. The highest BCUT2D eigenvalue weighted by atomic mass is 35.5. The minimum absolute atomic E-state index is 0.223. The van der Waals surface area contributed by atoms with Gasteiger partial charge in [-0.15, -0.1) is 0 Å². The van der Waals surface area contributed by atoms with Gasteiger partial charge < -0.3 is 4.74 Å². The number of thiocarbonyl (C=S) groups is 1. The standard InChI is InChI=1S/C24H16Cl2N2O3S2/c25-18-10-8-15(9-11-18)14-31-20-7-2-1-4-16(20)13-21-23(30)28(24(32)33-21)27-22(29)17-5-3-6-19(26)12-17/h1-13H,14H2,(H,27,29)/b21-13+. The van der Waals surface area contributed by atoms with E-state index in [0.717, 1.165) is 22.3 Å². The summed E-state index contributed by atoms with van der Waals surface area (Å²) < 4.78 is 6.18. The van der Waals surface area contributed by atoms with Gasteiger partial charge >= 0.3 is 0 Å². The van der Waals surface area contributed by atoms with Crippen molar-refractivity contribution in [1.82, 2.24) is 10.4 Å². The lowest BCUT2D eigenvalue weighted by molar-refractivity contribution is -0.123. The normalized spacial score (nSPS) is 14.6. The minimum Gasteiger partial charge on any atom is -0.488 e. The van der Waals surface area contributed by atoms with Crippen molar-refractivity contribution in [3.63, 3.8) is 0 Å². The molecule has 0 bridgehead atoms. The maximum absolute atomic E-state index is 12.9. The number of benzene rings is 3. The van der Waals surface area contributed by atoms with Gasteiger partial charge in [-0.25, -0.2) is 0 Å². The molecule has 0 saturated carbocycles. The summed E-state index contributed by atoms with van der Waals surface area (Å²) in [7, 11) is 0. The number of hydrogen-bond acceptors (Lipinski definition) is 5. The molecule has 0 aromatic heterocycles. The molecule has 0 aliphatic carbocycles. The number of hydrazine groups is 1. The van der Waals surface area contributed by atoms with E-state index in [9.17, 15) is 9.59 Å². The number of ether oxygens (including phenoxy) is 1. The van der Waals surface area contributed by atoms with E-state index in [1.165, 1.54) is 6.07 Å². The van der Waals surface area contributed by atoms with Crippen molar-refractivity contribution < 1.29 is 14.3 Å². The molecule has 3 aromatic carbocycles. The first-order valence-electron chi connectivity index (χ1n) is 9.71. The zero-order valence-electron chi connectivity index (χ0n) is 17.0. The molecule has 1 heterocycles. The topological polar surface area (TPSA) is 58.6 Å². The van der Waals surface area contributed by atoms with Crippen molar-refractivity contribution in [2.75, 3.05) is 0 Å². The summed E-state index contributed by atoms with van der Waals surface area (Å²) in [5.74, 6) is -0.296. The van der Waals surface area contributed by atoms with Gasteiger partial charge in [-0.2, -0.15) is 5.01 Å². The van der Waals surface area contributed by atoms with Crippen LogP contribution >= 0.6 is 47.2 Å². The fourth-order valence-corrected chi connectivity index (χ4v) is 4.46. The number of carbonyl (C=O) groups is 2. The van der Waals surface area contributed by atoms with E-state index >= 15 is 0 Å². The second-order valence-corrected chi connectivity index (χ2v) is 9.47. The number of nitrogens with one attached hydrogen (secondary N) is 1. The van der Waals surface area contributed by atoms with Crippen molar-refractivity contribution in [2.24, 2.45) is 0 Å². The maximum Gasteiger partial charge on any atom is 0.285 e. The molecule has 3 aromatic rings. The molecule has 1 saturated heterocycles. The van der Waals surface area contributed by atoms with Crippen LogP contribution < -0.4 is 10.2 Å². The SMILES string of the molecule is O=C(NN1C(=O)/C(=C\c2ccccc2OCc2ccc(Cl)cc2)SC1=S)c1cccc(Cl)c1. The summed E-state index contributed by atoms with van der Waals surface area (Å²) in [5, 5.41) is 2.14. The van der Waals surface area contributed by atoms with Crippen LogP contribution in [0.2, 0.25) is 10.0 Å². The zero-order valence-corrected chi connectivity index (χ0v) is 20.1. The minimum atomic E-state index is -0.484. The Labute approximate surface area is 210 Å². The van der Waals surface area contributed by atoms with Gasteiger partial charge in [0.15, 0.2) is 4.32 Å². The summed E-state index contributed by atoms with van der Waals surface area (Å²) in [6.07, 6.45) is 1.70. The Bertz CT molecular complexity index is 1260. The Kier molecular flexibility index (Phi) is 7.35. The van der Waals surface area contributed by atoms with Crippen LogP contribution in [0.15, 0.2) is 77.7 Å². The third kappa shape index (κ3) is 5.75. The molecule has 9 heteroatoms. The first kappa shape index (κ1) is 23.3. The van der Waals surface area contributed by atoms with E-state index < -0.39 is 11.8 Å². The summed E-state index contributed by atoms with van der Waals surface area (Å²) in [5.41, 5.74) is 4.54. The number of amides is 2. The molecule has 1 aliphatic rings. The molecule has 1 N–H and O–H groups in total. The van der Waals surface area contributed by atoms with E-state index in [1.54, 1.807) is 36.4 Å². The lowest BCUT2D eigenvalue weighted by Gasteiger charge is -2.15. The summed E-state index contributed by atoms with van der Waals surface area (Å²) in [6, 6.07) is 21.2. The van der Waals surface area contributed by atoms with Crippen molar-refractivity contribution in [3.8, 4) is 5.75 Å². The number of para-hydroxylation sites is 1. The van der Waals surface area contributed by atoms with Crippen molar-refractivity contribution in [3.05, 3.63) is 104 Å². The van der Waals surface area contributed by atoms with E-state index in [-0.39, 0.29) is 4.32 Å². The van der Waals surface area contributed by atoms with Crippen LogP contribution in [0.1, 0.15) is 21.5 Å². The van der Waals surface area contributed by atoms with Gasteiger partial charge in [0.25, 0.3) is 11.8 Å². The fraction of sp³-hybridized carbons (Fsp3) is 0.0417. The van der Waals surface area contributed by atoms with Gasteiger partial charge in [-0.3, -0.25) is 15.0 Å². The Balaban J connectivity index is 1.49. The molecule has 0 radical (unpaired) electrons. The van der Waals surface area contributed by atoms with Crippen molar-refractivity contribution >= 4 is 69.4 Å². The van der Waals surface area contributed by atoms with Crippen molar-refractivity contribution in [1.29, 1.82) is 0 Å². The van der Waals surface area contributed by atoms with Crippen LogP contribution in [0.4, 0.5) is 0 Å². The second kappa shape index (κ2) is 10.4. The highest BCUT2D eigenvalue weighted by Gasteiger charge is 2.34. The number of hydrogen-bond donors (Lipinski definition) is 1. The largest absolute Gasteiger partial charge is 0.488 e. The number of halogens is 2. The van der Waals surface area contributed by atoms with E-state index in [1.807, 2.05) is 36.4 Å². The molecule has 33 heavy (non-hydrogen) atoms. The Morgan fingerprint density at radius 2 is 1.79 bits per heavy atom. The van der Waals surface area contributed by atoms with Crippen LogP contribution in [-0.2, 0) is 11.4 Å². The third-order valence-corrected chi connectivity index (χ3v) is 6.40. The average molecular weight is 515 g/mol. The van der Waals surface area contributed by atoms with Crippen LogP contribution in [0.5, 0.6) is 5.75 Å². The number of nitrogens with zero attached hydrogens (tertiary/aromatic N) is 1. The monoisotopic (exact) mass is 514 g/mol. The summed E-state index contributed by atoms with van der Waals surface area (Å²) >= 11 is 18.3. The fourth-order valence-electron chi connectivity index (χ4n) is 2.97. The van der Waals surface area contributed by atoms with Gasteiger partial charge in [0.2, 0.25) is 0 Å². The molecule has 0 unspecified atom stereocenters.